The molecule has 0 radical (unpaired) electrons. The first kappa shape index (κ1) is 17.8. The minimum Gasteiger partial charge on any atom is -0.357 e. The molecule has 1 aliphatic rings. The Hall–Kier alpha value is -1.55. The van der Waals surface area contributed by atoms with Crippen molar-refractivity contribution in [3.05, 3.63) is 35.4 Å². The number of aliphatic imine (C=N–C) groups is 1. The molecule has 0 atom stereocenters. The highest BCUT2D eigenvalue weighted by molar-refractivity contribution is 5.79. The summed E-state index contributed by atoms with van der Waals surface area (Å²) < 4.78 is 0. The first-order valence-corrected chi connectivity index (χ1v) is 9.14. The molecule has 1 aliphatic heterocycles. The van der Waals surface area contributed by atoms with Crippen molar-refractivity contribution in [2.75, 3.05) is 26.2 Å². The van der Waals surface area contributed by atoms with Crippen LogP contribution in [0.5, 0.6) is 0 Å². The molecule has 0 spiro atoms. The second-order valence-electron chi connectivity index (χ2n) is 6.23. The quantitative estimate of drug-likeness (QED) is 0.626. The van der Waals surface area contributed by atoms with Crippen LogP contribution in [0.15, 0.2) is 29.3 Å². The number of likely N-dealkylation sites (tertiary alicyclic amines) is 1. The van der Waals surface area contributed by atoms with Gasteiger partial charge in [-0.05, 0) is 50.9 Å². The van der Waals surface area contributed by atoms with Gasteiger partial charge in [-0.25, -0.2) is 4.99 Å². The van der Waals surface area contributed by atoms with Gasteiger partial charge in [-0.15, -0.1) is 0 Å². The lowest BCUT2D eigenvalue weighted by Crippen LogP contribution is -2.36. The van der Waals surface area contributed by atoms with Crippen molar-refractivity contribution >= 4 is 5.96 Å². The number of nitrogens with zero attached hydrogens (tertiary/aromatic N) is 2. The summed E-state index contributed by atoms with van der Waals surface area (Å²) in [6, 6.07) is 8.95. The summed E-state index contributed by atoms with van der Waals surface area (Å²) >= 11 is 0. The second kappa shape index (κ2) is 10.3. The van der Waals surface area contributed by atoms with E-state index in [4.69, 9.17) is 0 Å². The predicted molar refractivity (Wildman–Crippen MR) is 98.7 cm³/mol. The Morgan fingerprint density at radius 1 is 0.913 bits per heavy atom. The molecule has 1 fully saturated rings. The van der Waals surface area contributed by atoms with Crippen molar-refractivity contribution in [3.8, 4) is 0 Å². The van der Waals surface area contributed by atoms with E-state index < -0.39 is 0 Å². The van der Waals surface area contributed by atoms with E-state index in [1.165, 1.54) is 49.9 Å². The molecule has 23 heavy (non-hydrogen) atoms. The lowest BCUT2D eigenvalue weighted by atomic mass is 10.1. The van der Waals surface area contributed by atoms with Crippen LogP contribution < -0.4 is 10.6 Å². The molecule has 2 N–H and O–H groups in total. The van der Waals surface area contributed by atoms with Crippen molar-refractivity contribution in [1.29, 1.82) is 0 Å². The lowest BCUT2D eigenvalue weighted by Gasteiger charge is -2.19. The molecular weight excluding hydrogens is 284 g/mol. The molecule has 0 aromatic heterocycles. The van der Waals surface area contributed by atoms with Gasteiger partial charge in [0.05, 0.1) is 6.54 Å². The zero-order valence-corrected chi connectivity index (χ0v) is 14.8. The molecule has 1 aromatic carbocycles. The highest BCUT2D eigenvalue weighted by atomic mass is 15.2. The minimum atomic E-state index is 0.722. The molecule has 1 heterocycles. The van der Waals surface area contributed by atoms with Gasteiger partial charge in [0.25, 0.3) is 0 Å². The molecule has 0 aliphatic carbocycles. The Labute approximate surface area is 141 Å². The topological polar surface area (TPSA) is 39.7 Å². The van der Waals surface area contributed by atoms with Crippen LogP contribution in [0.2, 0.25) is 0 Å². The van der Waals surface area contributed by atoms with Gasteiger partial charge in [0.15, 0.2) is 5.96 Å². The van der Waals surface area contributed by atoms with Crippen LogP contribution in [0.1, 0.15) is 50.7 Å². The van der Waals surface area contributed by atoms with Crippen LogP contribution in [0.4, 0.5) is 0 Å². The van der Waals surface area contributed by atoms with Crippen molar-refractivity contribution < 1.29 is 0 Å². The first-order chi connectivity index (χ1) is 11.3. The van der Waals surface area contributed by atoms with E-state index in [1.807, 2.05) is 0 Å². The number of benzene rings is 1. The molecule has 1 aromatic rings. The van der Waals surface area contributed by atoms with E-state index in [0.29, 0.717) is 0 Å². The Morgan fingerprint density at radius 3 is 2.04 bits per heavy atom. The molecule has 0 saturated carbocycles. The Kier molecular flexibility index (Phi) is 7.95. The summed E-state index contributed by atoms with van der Waals surface area (Å²) in [6.45, 7) is 10.3. The van der Waals surface area contributed by atoms with Crippen molar-refractivity contribution in [1.82, 2.24) is 15.5 Å². The summed E-state index contributed by atoms with van der Waals surface area (Å²) in [6.07, 6.45) is 5.50. The van der Waals surface area contributed by atoms with E-state index in [2.05, 4.69) is 58.6 Å². The molecule has 4 nitrogen and oxygen atoms in total. The molecule has 0 amide bonds. The summed E-state index contributed by atoms with van der Waals surface area (Å²) in [5, 5.41) is 6.51. The minimum absolute atomic E-state index is 0.722. The normalized spacial score (nSPS) is 15.7. The third-order valence-corrected chi connectivity index (χ3v) is 4.24. The van der Waals surface area contributed by atoms with Crippen LogP contribution in [-0.2, 0) is 13.1 Å². The largest absolute Gasteiger partial charge is 0.357 e. The standard InChI is InChI=1S/C19H32N4/c1-3-20-19(21-4-2)22-15-17-9-11-18(12-10-17)16-23-13-7-5-6-8-14-23/h9-12H,3-8,13-16H2,1-2H3,(H2,20,21,22). The number of nitrogens with one attached hydrogen (secondary N) is 2. The summed E-state index contributed by atoms with van der Waals surface area (Å²) in [5.74, 6) is 0.892. The van der Waals surface area contributed by atoms with Gasteiger partial charge in [-0.3, -0.25) is 4.90 Å². The smallest absolute Gasteiger partial charge is 0.191 e. The van der Waals surface area contributed by atoms with E-state index in [9.17, 15) is 0 Å². The number of guanidine groups is 1. The lowest BCUT2D eigenvalue weighted by molar-refractivity contribution is 0.277. The maximum Gasteiger partial charge on any atom is 0.191 e. The zero-order valence-electron chi connectivity index (χ0n) is 14.8. The summed E-state index contributed by atoms with van der Waals surface area (Å²) in [7, 11) is 0. The molecule has 4 heteroatoms. The van der Waals surface area contributed by atoms with Crippen LogP contribution in [0.3, 0.4) is 0 Å². The molecule has 1 saturated heterocycles. The monoisotopic (exact) mass is 316 g/mol. The van der Waals surface area contributed by atoms with Crippen molar-refractivity contribution in [2.45, 2.75) is 52.6 Å². The molecular formula is C19H32N4. The van der Waals surface area contributed by atoms with E-state index in [1.54, 1.807) is 0 Å². The summed E-state index contributed by atoms with van der Waals surface area (Å²) in [5.41, 5.74) is 2.68. The molecule has 2 rings (SSSR count). The number of hydrogen-bond donors (Lipinski definition) is 2. The number of hydrogen-bond acceptors (Lipinski definition) is 2. The third-order valence-electron chi connectivity index (χ3n) is 4.24. The van der Waals surface area contributed by atoms with E-state index in [-0.39, 0.29) is 0 Å². The van der Waals surface area contributed by atoms with Gasteiger partial charge in [-0.2, -0.15) is 0 Å². The van der Waals surface area contributed by atoms with Gasteiger partial charge in [0, 0.05) is 19.6 Å². The van der Waals surface area contributed by atoms with Crippen molar-refractivity contribution in [3.63, 3.8) is 0 Å². The van der Waals surface area contributed by atoms with Crippen LogP contribution >= 0.6 is 0 Å². The maximum absolute atomic E-state index is 4.62. The second-order valence-corrected chi connectivity index (χ2v) is 6.23. The Bertz CT molecular complexity index is 451. The van der Waals surface area contributed by atoms with Crippen LogP contribution in [0, 0.1) is 0 Å². The number of rotatable bonds is 6. The van der Waals surface area contributed by atoms with Gasteiger partial charge in [0.1, 0.15) is 0 Å². The highest BCUT2D eigenvalue weighted by Gasteiger charge is 2.09. The first-order valence-electron chi connectivity index (χ1n) is 9.14. The zero-order chi connectivity index (χ0) is 16.3. The van der Waals surface area contributed by atoms with Gasteiger partial charge in [0.2, 0.25) is 0 Å². The fourth-order valence-corrected chi connectivity index (χ4v) is 2.98. The summed E-state index contributed by atoms with van der Waals surface area (Å²) in [4.78, 5) is 7.21. The maximum atomic E-state index is 4.62. The van der Waals surface area contributed by atoms with Crippen LogP contribution in [-0.4, -0.2) is 37.0 Å². The highest BCUT2D eigenvalue weighted by Crippen LogP contribution is 2.14. The average molecular weight is 316 g/mol. The molecule has 0 bridgehead atoms. The predicted octanol–water partition coefficient (Wildman–Crippen LogP) is 3.14. The van der Waals surface area contributed by atoms with E-state index >= 15 is 0 Å². The Balaban J connectivity index is 1.86. The van der Waals surface area contributed by atoms with Crippen molar-refractivity contribution in [2.24, 2.45) is 4.99 Å². The fourth-order valence-electron chi connectivity index (χ4n) is 2.98. The molecule has 0 unspecified atom stereocenters. The Morgan fingerprint density at radius 2 is 1.48 bits per heavy atom. The van der Waals surface area contributed by atoms with Crippen LogP contribution in [0.25, 0.3) is 0 Å². The average Bonchev–Trinajstić information content (AvgIpc) is 2.83. The molecule has 128 valence electrons. The van der Waals surface area contributed by atoms with E-state index in [0.717, 1.165) is 32.1 Å². The fraction of sp³-hybridized carbons (Fsp3) is 0.632. The van der Waals surface area contributed by atoms with Gasteiger partial charge < -0.3 is 10.6 Å². The third kappa shape index (κ3) is 6.61. The SMILES string of the molecule is CCNC(=NCc1ccc(CN2CCCCCC2)cc1)NCC. The van der Waals surface area contributed by atoms with Gasteiger partial charge in [-0.1, -0.05) is 37.1 Å². The van der Waals surface area contributed by atoms with Gasteiger partial charge >= 0.3 is 0 Å².